The number of guanidine groups is 1. The summed E-state index contributed by atoms with van der Waals surface area (Å²) in [6.45, 7) is 4.29. The number of furan rings is 1. The monoisotopic (exact) mass is 513 g/mol. The van der Waals surface area contributed by atoms with Gasteiger partial charge in [0, 0.05) is 38.6 Å². The Bertz CT molecular complexity index is 776. The molecule has 0 amide bonds. The Hall–Kier alpha value is -1.94. The second kappa shape index (κ2) is 11.3. The molecule has 0 aliphatic carbocycles. The molecule has 0 bridgehead atoms. The minimum Gasteiger partial charge on any atom is -0.469 e. The van der Waals surface area contributed by atoms with Crippen molar-refractivity contribution in [3.8, 4) is 11.5 Å². The number of fused-ring (bicyclic) bond motifs is 1. The first-order valence-corrected chi connectivity index (χ1v) is 9.87. The normalized spacial score (nSPS) is 17.8. The molecule has 3 heterocycles. The number of aliphatic imine (C=N–C) groups is 1. The van der Waals surface area contributed by atoms with Crippen LogP contribution in [0.3, 0.4) is 0 Å². The highest BCUT2D eigenvalue weighted by molar-refractivity contribution is 14.0. The molecule has 158 valence electrons. The molecule has 4 rings (SSSR count). The highest BCUT2D eigenvalue weighted by atomic mass is 127. The third-order valence-corrected chi connectivity index (χ3v) is 4.92. The van der Waals surface area contributed by atoms with Gasteiger partial charge in [0.25, 0.3) is 0 Å². The number of ether oxygens (including phenoxy) is 3. The number of nitrogens with one attached hydrogen (secondary N) is 2. The highest BCUT2D eigenvalue weighted by Crippen LogP contribution is 2.32. The lowest BCUT2D eigenvalue weighted by atomic mass is 10.1. The minimum atomic E-state index is 0. The van der Waals surface area contributed by atoms with Gasteiger partial charge in [0.1, 0.15) is 5.76 Å². The van der Waals surface area contributed by atoms with Crippen molar-refractivity contribution in [2.45, 2.75) is 19.3 Å². The number of halogens is 1. The summed E-state index contributed by atoms with van der Waals surface area (Å²) < 4.78 is 21.7. The van der Waals surface area contributed by atoms with Crippen molar-refractivity contribution in [2.24, 2.45) is 10.9 Å². The number of hydrogen-bond acceptors (Lipinski definition) is 5. The van der Waals surface area contributed by atoms with Crippen LogP contribution in [-0.4, -0.2) is 45.6 Å². The van der Waals surface area contributed by atoms with Crippen LogP contribution in [0.2, 0.25) is 0 Å². The fraction of sp³-hybridized carbons (Fsp3) is 0.476. The summed E-state index contributed by atoms with van der Waals surface area (Å²) in [5, 5.41) is 6.84. The number of hydrogen-bond donors (Lipinski definition) is 2. The van der Waals surface area contributed by atoms with Crippen molar-refractivity contribution in [1.82, 2.24) is 10.6 Å². The van der Waals surface area contributed by atoms with Crippen molar-refractivity contribution in [2.75, 3.05) is 39.6 Å². The van der Waals surface area contributed by atoms with Crippen LogP contribution in [0.25, 0.3) is 0 Å². The fourth-order valence-corrected chi connectivity index (χ4v) is 3.30. The van der Waals surface area contributed by atoms with Gasteiger partial charge in [-0.25, -0.2) is 0 Å². The van der Waals surface area contributed by atoms with Gasteiger partial charge in [-0.05, 0) is 42.7 Å². The number of rotatable bonds is 8. The topological polar surface area (TPSA) is 77.3 Å². The molecule has 0 saturated carbocycles. The molecule has 2 aliphatic rings. The van der Waals surface area contributed by atoms with Crippen LogP contribution < -0.4 is 20.1 Å². The van der Waals surface area contributed by atoms with Gasteiger partial charge in [0.15, 0.2) is 17.5 Å². The maximum absolute atomic E-state index is 5.45. The molecule has 2 N–H and O–H groups in total. The maximum Gasteiger partial charge on any atom is 0.231 e. The van der Waals surface area contributed by atoms with Crippen LogP contribution in [0.1, 0.15) is 17.7 Å². The Labute approximate surface area is 188 Å². The third-order valence-electron chi connectivity index (χ3n) is 4.92. The summed E-state index contributed by atoms with van der Waals surface area (Å²) >= 11 is 0. The Morgan fingerprint density at radius 2 is 1.93 bits per heavy atom. The Balaban J connectivity index is 0.00000240. The second-order valence-corrected chi connectivity index (χ2v) is 7.04. The van der Waals surface area contributed by atoms with E-state index in [4.69, 9.17) is 23.6 Å². The van der Waals surface area contributed by atoms with Crippen molar-refractivity contribution in [3.05, 3.63) is 47.9 Å². The molecule has 2 aromatic rings. The van der Waals surface area contributed by atoms with E-state index in [-0.39, 0.29) is 24.0 Å². The molecule has 1 aromatic heterocycles. The van der Waals surface area contributed by atoms with Crippen LogP contribution in [-0.2, 0) is 17.6 Å². The molecule has 8 heteroatoms. The molecule has 1 saturated heterocycles. The lowest BCUT2D eigenvalue weighted by molar-refractivity contribution is 0.174. The highest BCUT2D eigenvalue weighted by Gasteiger charge is 2.15. The predicted molar refractivity (Wildman–Crippen MR) is 121 cm³/mol. The van der Waals surface area contributed by atoms with Crippen LogP contribution in [0.15, 0.2) is 46.0 Å². The molecule has 1 atom stereocenters. The first-order chi connectivity index (χ1) is 13.9. The Kier molecular flexibility index (Phi) is 8.48. The number of benzene rings is 1. The van der Waals surface area contributed by atoms with Crippen molar-refractivity contribution in [3.63, 3.8) is 0 Å². The van der Waals surface area contributed by atoms with E-state index in [0.29, 0.717) is 12.7 Å². The first kappa shape index (κ1) is 21.8. The third kappa shape index (κ3) is 6.53. The fourth-order valence-electron chi connectivity index (χ4n) is 3.30. The van der Waals surface area contributed by atoms with E-state index >= 15 is 0 Å². The van der Waals surface area contributed by atoms with Crippen LogP contribution >= 0.6 is 24.0 Å². The molecule has 1 unspecified atom stereocenters. The van der Waals surface area contributed by atoms with Crippen molar-refractivity contribution < 1.29 is 18.6 Å². The predicted octanol–water partition coefficient (Wildman–Crippen LogP) is 2.98. The molecular weight excluding hydrogens is 485 g/mol. The van der Waals surface area contributed by atoms with E-state index in [0.717, 1.165) is 75.3 Å². The Morgan fingerprint density at radius 3 is 2.72 bits per heavy atom. The zero-order valence-electron chi connectivity index (χ0n) is 16.4. The standard InChI is InChI=1S/C21H27N3O4.HI/c1-2-18(26-10-1)6-9-23-21(24-13-17-7-11-25-14-17)22-8-5-16-3-4-19-20(12-16)28-15-27-19;/h1-4,10,12,17H,5-9,11,13-15H2,(H2,22,23,24);1H. The summed E-state index contributed by atoms with van der Waals surface area (Å²) in [7, 11) is 0. The zero-order valence-corrected chi connectivity index (χ0v) is 18.7. The smallest absolute Gasteiger partial charge is 0.231 e. The van der Waals surface area contributed by atoms with E-state index in [1.54, 1.807) is 6.26 Å². The van der Waals surface area contributed by atoms with Crippen LogP contribution in [0.4, 0.5) is 0 Å². The van der Waals surface area contributed by atoms with E-state index in [2.05, 4.69) is 16.7 Å². The second-order valence-electron chi connectivity index (χ2n) is 7.04. The average Bonchev–Trinajstić information content (AvgIpc) is 3.47. The van der Waals surface area contributed by atoms with Gasteiger partial charge in [-0.1, -0.05) is 6.07 Å². The number of nitrogens with zero attached hydrogens (tertiary/aromatic N) is 1. The van der Waals surface area contributed by atoms with Crippen LogP contribution in [0.5, 0.6) is 11.5 Å². The van der Waals surface area contributed by atoms with E-state index in [9.17, 15) is 0 Å². The molecule has 7 nitrogen and oxygen atoms in total. The molecule has 0 radical (unpaired) electrons. The van der Waals surface area contributed by atoms with Gasteiger partial charge in [-0.3, -0.25) is 4.99 Å². The average molecular weight is 513 g/mol. The van der Waals surface area contributed by atoms with E-state index < -0.39 is 0 Å². The Morgan fingerprint density at radius 1 is 1.07 bits per heavy atom. The lowest BCUT2D eigenvalue weighted by Gasteiger charge is -2.13. The summed E-state index contributed by atoms with van der Waals surface area (Å²) in [5.74, 6) is 3.95. The quantitative estimate of drug-likeness (QED) is 0.321. The van der Waals surface area contributed by atoms with E-state index in [1.165, 1.54) is 5.56 Å². The summed E-state index contributed by atoms with van der Waals surface area (Å²) in [6, 6.07) is 9.98. The largest absolute Gasteiger partial charge is 0.469 e. The molecule has 0 spiro atoms. The zero-order chi connectivity index (χ0) is 19.0. The van der Waals surface area contributed by atoms with Gasteiger partial charge in [0.2, 0.25) is 6.79 Å². The SMILES string of the molecule is I.c1coc(CCNC(=NCC2CCOC2)NCCc2ccc3c(c2)OCO3)c1. The lowest BCUT2D eigenvalue weighted by Crippen LogP contribution is -2.39. The molecule has 1 fully saturated rings. The van der Waals surface area contributed by atoms with E-state index in [1.807, 2.05) is 24.3 Å². The first-order valence-electron chi connectivity index (χ1n) is 9.87. The minimum absolute atomic E-state index is 0. The molecular formula is C21H28IN3O4. The van der Waals surface area contributed by atoms with Gasteiger partial charge in [-0.15, -0.1) is 24.0 Å². The van der Waals surface area contributed by atoms with Crippen LogP contribution in [0, 0.1) is 5.92 Å². The molecule has 1 aromatic carbocycles. The van der Waals surface area contributed by atoms with Crippen molar-refractivity contribution in [1.29, 1.82) is 0 Å². The maximum atomic E-state index is 5.45. The molecule has 2 aliphatic heterocycles. The summed E-state index contributed by atoms with van der Waals surface area (Å²) in [5.41, 5.74) is 1.20. The van der Waals surface area contributed by atoms with Crippen molar-refractivity contribution >= 4 is 29.9 Å². The van der Waals surface area contributed by atoms with Gasteiger partial charge in [0.05, 0.1) is 12.9 Å². The summed E-state index contributed by atoms with van der Waals surface area (Å²) in [6.07, 6.45) is 4.49. The van der Waals surface area contributed by atoms with Gasteiger partial charge < -0.3 is 29.3 Å². The van der Waals surface area contributed by atoms with Gasteiger partial charge in [-0.2, -0.15) is 0 Å². The van der Waals surface area contributed by atoms with Gasteiger partial charge >= 0.3 is 0 Å². The summed E-state index contributed by atoms with van der Waals surface area (Å²) in [4.78, 5) is 4.75. The molecule has 29 heavy (non-hydrogen) atoms.